The van der Waals surface area contributed by atoms with E-state index in [0.29, 0.717) is 30.6 Å². The van der Waals surface area contributed by atoms with Crippen molar-refractivity contribution in [3.05, 3.63) is 125 Å². The van der Waals surface area contributed by atoms with Gasteiger partial charge in [-0.05, 0) is 71.8 Å². The van der Waals surface area contributed by atoms with Crippen LogP contribution in [0.4, 0.5) is 4.79 Å². The number of carbonyl (C=O) groups excluding carboxylic acids is 2. The molecule has 0 spiro atoms. The topological polar surface area (TPSA) is 67.9 Å². The molecule has 2 unspecified atom stereocenters. The van der Waals surface area contributed by atoms with Gasteiger partial charge in [0, 0.05) is 24.4 Å². The number of fused-ring (bicyclic) bond motifs is 3. The number of nitrogens with zero attached hydrogens (tertiary/aromatic N) is 1. The summed E-state index contributed by atoms with van der Waals surface area (Å²) in [7, 11) is 0. The van der Waals surface area contributed by atoms with Gasteiger partial charge in [0.2, 0.25) is 0 Å². The van der Waals surface area contributed by atoms with Gasteiger partial charge in [-0.2, -0.15) is 0 Å². The van der Waals surface area contributed by atoms with Gasteiger partial charge in [0.25, 0.3) is 0 Å². The molecule has 3 saturated heterocycles. The Kier molecular flexibility index (Phi) is 9.14. The monoisotopic (exact) mass is 574 g/mol. The largest absolute Gasteiger partial charge is 0.493 e. The molecular weight excluding hydrogens is 536 g/mol. The van der Waals surface area contributed by atoms with Gasteiger partial charge in [-0.3, -0.25) is 4.79 Å². The maximum Gasteiger partial charge on any atom is 0.407 e. The van der Waals surface area contributed by atoms with E-state index in [1.54, 1.807) is 0 Å². The predicted octanol–water partition coefficient (Wildman–Crippen LogP) is 6.95. The summed E-state index contributed by atoms with van der Waals surface area (Å²) in [4.78, 5) is 26.4. The zero-order valence-corrected chi connectivity index (χ0v) is 24.4. The highest BCUT2D eigenvalue weighted by molar-refractivity contribution is 5.77. The summed E-state index contributed by atoms with van der Waals surface area (Å²) < 4.78 is 11.9. The van der Waals surface area contributed by atoms with Crippen LogP contribution < -0.4 is 10.1 Å². The van der Waals surface area contributed by atoms with Gasteiger partial charge >= 0.3 is 6.09 Å². The van der Waals surface area contributed by atoms with Crippen molar-refractivity contribution in [2.24, 2.45) is 11.8 Å². The minimum Gasteiger partial charge on any atom is -0.493 e. The zero-order valence-electron chi connectivity index (χ0n) is 24.4. The Morgan fingerprint density at radius 3 is 2.23 bits per heavy atom. The highest BCUT2D eigenvalue weighted by Gasteiger charge is 2.34. The summed E-state index contributed by atoms with van der Waals surface area (Å²) in [6, 6.07) is 33.5. The molecule has 3 heterocycles. The first-order valence-corrected chi connectivity index (χ1v) is 15.2. The third kappa shape index (κ3) is 7.33. The third-order valence-electron chi connectivity index (χ3n) is 8.80. The molecule has 6 nitrogen and oxygen atoms in total. The fourth-order valence-corrected chi connectivity index (χ4v) is 6.31. The smallest absolute Gasteiger partial charge is 0.407 e. The normalized spacial score (nSPS) is 19.8. The highest BCUT2D eigenvalue weighted by Crippen LogP contribution is 2.32. The van der Waals surface area contributed by atoms with E-state index in [-0.39, 0.29) is 12.1 Å². The molecule has 0 aromatic heterocycles. The molecule has 1 amide bonds. The van der Waals surface area contributed by atoms with Gasteiger partial charge in [0.1, 0.15) is 12.0 Å². The van der Waals surface area contributed by atoms with Crippen LogP contribution in [0.1, 0.15) is 45.9 Å². The Morgan fingerprint density at radius 1 is 0.860 bits per heavy atom. The Bertz CT molecular complexity index is 1500. The lowest BCUT2D eigenvalue weighted by Gasteiger charge is -2.44. The van der Waals surface area contributed by atoms with Crippen molar-refractivity contribution in [1.82, 2.24) is 10.2 Å². The van der Waals surface area contributed by atoms with Crippen molar-refractivity contribution in [2.45, 2.75) is 25.3 Å². The van der Waals surface area contributed by atoms with Crippen LogP contribution in [0.5, 0.6) is 5.75 Å². The van der Waals surface area contributed by atoms with Crippen LogP contribution in [0.25, 0.3) is 11.1 Å². The summed E-state index contributed by atoms with van der Waals surface area (Å²) in [6.07, 6.45) is 3.64. The molecule has 3 aliphatic heterocycles. The fourth-order valence-electron chi connectivity index (χ4n) is 6.31. The number of hydrogen-bond acceptors (Lipinski definition) is 5. The molecule has 1 N–H and O–H groups in total. The van der Waals surface area contributed by atoms with Gasteiger partial charge in [-0.1, -0.05) is 91.0 Å². The second-order valence-electron chi connectivity index (χ2n) is 11.6. The van der Waals surface area contributed by atoms with Gasteiger partial charge in [-0.15, -0.1) is 0 Å². The molecule has 0 aliphatic carbocycles. The summed E-state index contributed by atoms with van der Waals surface area (Å²) >= 11 is 0. The molecule has 0 saturated carbocycles. The standard InChI is InChI=1S/C37H38N2O4/c40-25-28-11-15-30(16-12-28)29-13-9-27(10-14-29)19-22-42-35-8-4-7-33(23-35)36(32-5-2-1-3-6-32)38-37(41)43-26-34-24-39-20-17-31(34)18-21-39/h1-16,23,25,31,34,36H,17-22,24,26H2,(H,38,41). The van der Waals surface area contributed by atoms with E-state index in [4.69, 9.17) is 9.47 Å². The number of ether oxygens (including phenoxy) is 2. The number of alkyl carbamates (subject to hydrolysis) is 1. The van der Waals surface area contributed by atoms with Crippen molar-refractivity contribution in [3.63, 3.8) is 0 Å². The third-order valence-corrected chi connectivity index (χ3v) is 8.80. The summed E-state index contributed by atoms with van der Waals surface area (Å²) in [5, 5.41) is 3.12. The van der Waals surface area contributed by atoms with E-state index < -0.39 is 0 Å². The minimum absolute atomic E-state index is 0.350. The summed E-state index contributed by atoms with van der Waals surface area (Å²) in [5.41, 5.74) is 5.96. The first kappa shape index (κ1) is 28.7. The number of amides is 1. The quantitative estimate of drug-likeness (QED) is 0.197. The van der Waals surface area contributed by atoms with Crippen molar-refractivity contribution in [3.8, 4) is 16.9 Å². The van der Waals surface area contributed by atoms with Gasteiger partial charge in [0.05, 0.1) is 19.3 Å². The maximum absolute atomic E-state index is 13.0. The van der Waals surface area contributed by atoms with E-state index in [0.717, 1.165) is 47.3 Å². The Balaban J connectivity index is 1.06. The number of benzene rings is 4. The Morgan fingerprint density at radius 2 is 1.56 bits per heavy atom. The average Bonchev–Trinajstić information content (AvgIpc) is 3.08. The van der Waals surface area contributed by atoms with E-state index >= 15 is 0 Å². The lowest BCUT2D eigenvalue weighted by atomic mass is 9.79. The van der Waals surface area contributed by atoms with Crippen molar-refractivity contribution in [1.29, 1.82) is 0 Å². The van der Waals surface area contributed by atoms with Crippen LogP contribution >= 0.6 is 0 Å². The summed E-state index contributed by atoms with van der Waals surface area (Å²) in [5.74, 6) is 1.84. The molecule has 2 bridgehead atoms. The second kappa shape index (κ2) is 13.7. The van der Waals surface area contributed by atoms with Crippen LogP contribution in [0, 0.1) is 11.8 Å². The summed E-state index contributed by atoms with van der Waals surface area (Å²) in [6.45, 7) is 4.37. The van der Waals surface area contributed by atoms with Gasteiger partial charge in [0.15, 0.2) is 0 Å². The minimum atomic E-state index is -0.389. The van der Waals surface area contributed by atoms with E-state index in [1.807, 2.05) is 78.9 Å². The van der Waals surface area contributed by atoms with Crippen LogP contribution in [-0.2, 0) is 11.2 Å². The van der Waals surface area contributed by atoms with E-state index in [9.17, 15) is 9.59 Å². The lowest BCUT2D eigenvalue weighted by molar-refractivity contribution is 0.0123. The Hall–Kier alpha value is -4.42. The SMILES string of the molecule is O=Cc1ccc(-c2ccc(CCOc3cccc(C(NC(=O)OCC4CN5CCC4CC5)c4ccccc4)c3)cc2)cc1. The first-order valence-electron chi connectivity index (χ1n) is 15.2. The number of nitrogens with one attached hydrogen (secondary N) is 1. The number of hydrogen-bond donors (Lipinski definition) is 1. The molecule has 4 aromatic carbocycles. The zero-order chi connectivity index (χ0) is 29.4. The number of piperidine rings is 3. The predicted molar refractivity (Wildman–Crippen MR) is 168 cm³/mol. The van der Waals surface area contributed by atoms with Crippen LogP contribution in [-0.4, -0.2) is 50.1 Å². The van der Waals surface area contributed by atoms with Crippen molar-refractivity contribution >= 4 is 12.4 Å². The van der Waals surface area contributed by atoms with Crippen molar-refractivity contribution in [2.75, 3.05) is 32.8 Å². The molecule has 220 valence electrons. The van der Waals surface area contributed by atoms with Gasteiger partial charge in [-0.25, -0.2) is 4.79 Å². The Labute approximate surface area is 253 Å². The molecule has 4 aromatic rings. The number of rotatable bonds is 11. The van der Waals surface area contributed by atoms with Crippen molar-refractivity contribution < 1.29 is 19.1 Å². The molecule has 3 aliphatic rings. The van der Waals surface area contributed by atoms with Gasteiger partial charge < -0.3 is 19.7 Å². The first-order chi connectivity index (χ1) is 21.1. The molecule has 2 atom stereocenters. The van der Waals surface area contributed by atoms with Crippen LogP contribution in [0.2, 0.25) is 0 Å². The average molecular weight is 575 g/mol. The van der Waals surface area contributed by atoms with E-state index in [1.165, 1.54) is 31.5 Å². The molecular formula is C37H38N2O4. The fraction of sp³-hybridized carbons (Fsp3) is 0.297. The number of aldehydes is 1. The number of carbonyl (C=O) groups is 2. The van der Waals surface area contributed by atoms with E-state index in [2.05, 4.69) is 34.5 Å². The molecule has 0 radical (unpaired) electrons. The van der Waals surface area contributed by atoms with Crippen LogP contribution in [0.15, 0.2) is 103 Å². The molecule has 6 heteroatoms. The second-order valence-corrected chi connectivity index (χ2v) is 11.6. The molecule has 7 rings (SSSR count). The molecule has 43 heavy (non-hydrogen) atoms. The van der Waals surface area contributed by atoms with Crippen LogP contribution in [0.3, 0.4) is 0 Å². The highest BCUT2D eigenvalue weighted by atomic mass is 16.5. The molecule has 3 fully saturated rings. The lowest BCUT2D eigenvalue weighted by Crippen LogP contribution is -2.49. The maximum atomic E-state index is 13.0.